The van der Waals surface area contributed by atoms with Gasteiger partial charge in [0.2, 0.25) is 0 Å². The van der Waals surface area contributed by atoms with Crippen molar-refractivity contribution in [2.75, 3.05) is 10.6 Å². The van der Waals surface area contributed by atoms with E-state index in [1.807, 2.05) is 0 Å². The molecule has 0 fully saturated rings. The summed E-state index contributed by atoms with van der Waals surface area (Å²) in [6.45, 7) is 1.57. The third-order valence-corrected chi connectivity index (χ3v) is 5.38. The van der Waals surface area contributed by atoms with E-state index in [4.69, 9.17) is 16.0 Å². The Kier molecular flexibility index (Phi) is 5.44. The fourth-order valence-corrected chi connectivity index (χ4v) is 3.74. The van der Waals surface area contributed by atoms with Crippen LogP contribution >= 0.6 is 11.6 Å². The second kappa shape index (κ2) is 7.93. The van der Waals surface area contributed by atoms with E-state index in [0.717, 1.165) is 0 Å². The molecule has 1 aliphatic heterocycles. The van der Waals surface area contributed by atoms with Crippen molar-refractivity contribution in [1.82, 2.24) is 9.78 Å². The SMILES string of the molecule is C[C@H](O)c1cccc(NC(=O)c2nn3c(c2Cl)N[C@H](c2ccco2)C[C@H]3C(F)(F)F)c1. The number of hydrogen-bond acceptors (Lipinski definition) is 5. The number of alkyl halides is 3. The van der Waals surface area contributed by atoms with Gasteiger partial charge in [0.1, 0.15) is 16.6 Å². The van der Waals surface area contributed by atoms with Crippen LogP contribution in [-0.2, 0) is 0 Å². The number of aliphatic hydroxyl groups excluding tert-OH is 1. The number of nitrogens with zero attached hydrogens (tertiary/aromatic N) is 2. The van der Waals surface area contributed by atoms with Crippen molar-refractivity contribution in [1.29, 1.82) is 0 Å². The highest BCUT2D eigenvalue weighted by atomic mass is 35.5. The van der Waals surface area contributed by atoms with E-state index in [2.05, 4.69) is 15.7 Å². The molecule has 0 spiro atoms. The average Bonchev–Trinajstić information content (AvgIpc) is 3.35. The molecule has 1 amide bonds. The van der Waals surface area contributed by atoms with Crippen molar-refractivity contribution in [2.24, 2.45) is 0 Å². The van der Waals surface area contributed by atoms with E-state index < -0.39 is 30.3 Å². The standard InChI is InChI=1S/C20H18ClF3N4O3/c1-10(29)11-4-2-5-12(8-11)25-19(30)17-16(21)18-26-13(14-6-3-7-31-14)9-15(20(22,23)24)28(18)27-17/h2-8,10,13,15,26,29H,9H2,1H3,(H,25,30)/t10-,13-,15-/m0/s1. The maximum Gasteiger partial charge on any atom is 0.410 e. The molecule has 3 atom stereocenters. The van der Waals surface area contributed by atoms with Crippen molar-refractivity contribution in [3.05, 3.63) is 64.7 Å². The molecule has 31 heavy (non-hydrogen) atoms. The first-order valence-corrected chi connectivity index (χ1v) is 9.77. The lowest BCUT2D eigenvalue weighted by atomic mass is 10.0. The van der Waals surface area contributed by atoms with E-state index in [0.29, 0.717) is 21.7 Å². The fourth-order valence-electron chi connectivity index (χ4n) is 3.48. The first kappa shape index (κ1) is 21.3. The van der Waals surface area contributed by atoms with Gasteiger partial charge in [-0.05, 0) is 36.8 Å². The summed E-state index contributed by atoms with van der Waals surface area (Å²) in [6, 6.07) is 6.80. The lowest BCUT2D eigenvalue weighted by Gasteiger charge is -2.32. The lowest BCUT2D eigenvalue weighted by molar-refractivity contribution is -0.174. The second-order valence-electron chi connectivity index (χ2n) is 7.22. The summed E-state index contributed by atoms with van der Waals surface area (Å²) >= 11 is 6.28. The monoisotopic (exact) mass is 454 g/mol. The van der Waals surface area contributed by atoms with Crippen LogP contribution in [0.2, 0.25) is 5.02 Å². The van der Waals surface area contributed by atoms with E-state index in [9.17, 15) is 23.1 Å². The number of carbonyl (C=O) groups excluding carboxylic acids is 1. The lowest BCUT2D eigenvalue weighted by Crippen LogP contribution is -2.35. The normalized spacial score (nSPS) is 19.4. The number of benzene rings is 1. The van der Waals surface area contributed by atoms with Gasteiger partial charge in [0.15, 0.2) is 11.7 Å². The predicted octanol–water partition coefficient (Wildman–Crippen LogP) is 5.10. The van der Waals surface area contributed by atoms with Gasteiger partial charge in [-0.2, -0.15) is 18.3 Å². The van der Waals surface area contributed by atoms with Crippen molar-refractivity contribution in [3.8, 4) is 0 Å². The first-order valence-electron chi connectivity index (χ1n) is 9.39. The number of aliphatic hydroxyl groups is 1. The predicted molar refractivity (Wildman–Crippen MR) is 107 cm³/mol. The molecule has 11 heteroatoms. The molecule has 0 radical (unpaired) electrons. The summed E-state index contributed by atoms with van der Waals surface area (Å²) in [7, 11) is 0. The smallest absolute Gasteiger partial charge is 0.410 e. The van der Waals surface area contributed by atoms with Crippen LogP contribution in [0.4, 0.5) is 24.7 Å². The Morgan fingerprint density at radius 3 is 2.81 bits per heavy atom. The topological polar surface area (TPSA) is 92.3 Å². The Hall–Kier alpha value is -2.98. The van der Waals surface area contributed by atoms with Gasteiger partial charge in [-0.15, -0.1) is 0 Å². The minimum Gasteiger partial charge on any atom is -0.467 e. The maximum atomic E-state index is 13.8. The first-order chi connectivity index (χ1) is 14.6. The van der Waals surface area contributed by atoms with Gasteiger partial charge in [0, 0.05) is 12.1 Å². The number of halogens is 4. The summed E-state index contributed by atoms with van der Waals surface area (Å²) in [6.07, 6.45) is -4.38. The number of carbonyl (C=O) groups is 1. The zero-order chi connectivity index (χ0) is 22.3. The molecule has 164 valence electrons. The van der Waals surface area contributed by atoms with Gasteiger partial charge in [0.25, 0.3) is 5.91 Å². The van der Waals surface area contributed by atoms with Crippen LogP contribution < -0.4 is 10.6 Å². The van der Waals surface area contributed by atoms with Crippen molar-refractivity contribution < 1.29 is 27.5 Å². The van der Waals surface area contributed by atoms with E-state index in [-0.39, 0.29) is 23.0 Å². The summed E-state index contributed by atoms with van der Waals surface area (Å²) in [5.41, 5.74) is 0.563. The highest BCUT2D eigenvalue weighted by molar-refractivity contribution is 6.36. The van der Waals surface area contributed by atoms with Gasteiger partial charge < -0.3 is 20.2 Å². The maximum absolute atomic E-state index is 13.8. The van der Waals surface area contributed by atoms with Crippen LogP contribution in [0.1, 0.15) is 53.3 Å². The number of rotatable bonds is 4. The minimum atomic E-state index is -4.61. The number of furan rings is 1. The zero-order valence-corrected chi connectivity index (χ0v) is 16.9. The Labute approximate surface area is 179 Å². The molecule has 3 N–H and O–H groups in total. The van der Waals surface area contributed by atoms with E-state index in [1.165, 1.54) is 6.26 Å². The van der Waals surface area contributed by atoms with Crippen molar-refractivity contribution >= 4 is 29.0 Å². The Morgan fingerprint density at radius 2 is 2.16 bits per heavy atom. The number of nitrogens with one attached hydrogen (secondary N) is 2. The molecule has 7 nitrogen and oxygen atoms in total. The van der Waals surface area contributed by atoms with E-state index >= 15 is 0 Å². The van der Waals surface area contributed by atoms with Crippen molar-refractivity contribution in [2.45, 2.75) is 37.7 Å². The van der Waals surface area contributed by atoms with Crippen LogP contribution in [0.25, 0.3) is 0 Å². The Balaban J connectivity index is 1.67. The highest BCUT2D eigenvalue weighted by Gasteiger charge is 2.48. The van der Waals surface area contributed by atoms with Crippen LogP contribution in [0.5, 0.6) is 0 Å². The van der Waals surface area contributed by atoms with Crippen LogP contribution in [0.3, 0.4) is 0 Å². The van der Waals surface area contributed by atoms with Gasteiger partial charge in [0.05, 0.1) is 18.4 Å². The zero-order valence-electron chi connectivity index (χ0n) is 16.2. The molecule has 3 aromatic rings. The summed E-state index contributed by atoms with van der Waals surface area (Å²) in [4.78, 5) is 12.7. The van der Waals surface area contributed by atoms with Gasteiger partial charge in [-0.25, -0.2) is 4.68 Å². The third kappa shape index (κ3) is 4.13. The Bertz CT molecular complexity index is 1100. The molecular formula is C20H18ClF3N4O3. The number of fused-ring (bicyclic) bond motifs is 1. The van der Waals surface area contributed by atoms with Gasteiger partial charge in [-0.1, -0.05) is 23.7 Å². The molecular weight excluding hydrogens is 437 g/mol. The molecule has 1 aromatic carbocycles. The minimum absolute atomic E-state index is 0.112. The van der Waals surface area contributed by atoms with Crippen LogP contribution in [-0.4, -0.2) is 27.0 Å². The largest absolute Gasteiger partial charge is 0.467 e. The van der Waals surface area contributed by atoms with Crippen LogP contribution in [0, 0.1) is 0 Å². The average molecular weight is 455 g/mol. The molecule has 3 heterocycles. The molecule has 0 saturated heterocycles. The van der Waals surface area contributed by atoms with Gasteiger partial charge in [-0.3, -0.25) is 4.79 Å². The number of amides is 1. The highest BCUT2D eigenvalue weighted by Crippen LogP contribution is 2.46. The molecule has 0 aliphatic carbocycles. The van der Waals surface area contributed by atoms with E-state index in [1.54, 1.807) is 43.3 Å². The molecule has 2 aromatic heterocycles. The molecule has 0 saturated carbocycles. The molecule has 4 rings (SSSR count). The third-order valence-electron chi connectivity index (χ3n) is 5.02. The van der Waals surface area contributed by atoms with Crippen LogP contribution in [0.15, 0.2) is 47.1 Å². The van der Waals surface area contributed by atoms with Gasteiger partial charge >= 0.3 is 6.18 Å². The molecule has 1 aliphatic rings. The number of aromatic nitrogens is 2. The number of anilines is 2. The summed E-state index contributed by atoms with van der Waals surface area (Å²) in [5, 5.41) is 18.8. The molecule has 0 unspecified atom stereocenters. The Morgan fingerprint density at radius 1 is 1.39 bits per heavy atom. The summed E-state index contributed by atoms with van der Waals surface area (Å²) in [5.74, 6) is -0.565. The second-order valence-corrected chi connectivity index (χ2v) is 7.59. The molecule has 0 bridgehead atoms. The quantitative estimate of drug-likeness (QED) is 0.510. The number of hydrogen-bond donors (Lipinski definition) is 3. The summed E-state index contributed by atoms with van der Waals surface area (Å²) < 4.78 is 47.2. The van der Waals surface area contributed by atoms with Crippen molar-refractivity contribution in [3.63, 3.8) is 0 Å². The fraction of sp³-hybridized carbons (Fsp3) is 0.300.